The molecule has 0 saturated carbocycles. The number of nitrogens with zero attached hydrogens (tertiary/aromatic N) is 3. The van der Waals surface area contributed by atoms with Crippen LogP contribution < -0.4 is 5.32 Å². The van der Waals surface area contributed by atoms with Crippen LogP contribution in [0.1, 0.15) is 15.9 Å². The van der Waals surface area contributed by atoms with Gasteiger partial charge in [-0.15, -0.1) is 0 Å². The Kier molecular flexibility index (Phi) is 4.09. The van der Waals surface area contributed by atoms with Crippen LogP contribution in [0.2, 0.25) is 0 Å². The number of amides is 1. The van der Waals surface area contributed by atoms with E-state index in [-0.39, 0.29) is 12.1 Å². The fourth-order valence-electron chi connectivity index (χ4n) is 1.99. The third-order valence-electron chi connectivity index (χ3n) is 3.21. The highest BCUT2D eigenvalue weighted by Gasteiger charge is 2.09. The van der Waals surface area contributed by atoms with Crippen LogP contribution in [-0.2, 0) is 6.54 Å². The SMILES string of the molecule is O=C(NCc1ccc(-n2ccnc2)nc1)c1ccc(F)c(F)c1. The Morgan fingerprint density at radius 3 is 2.70 bits per heavy atom. The van der Waals surface area contributed by atoms with E-state index < -0.39 is 17.5 Å². The number of pyridine rings is 1. The van der Waals surface area contributed by atoms with Crippen molar-refractivity contribution in [2.75, 3.05) is 0 Å². The molecule has 0 aliphatic carbocycles. The summed E-state index contributed by atoms with van der Waals surface area (Å²) in [5, 5.41) is 2.63. The van der Waals surface area contributed by atoms with Crippen LogP contribution in [0.15, 0.2) is 55.2 Å². The van der Waals surface area contributed by atoms with Crippen LogP contribution >= 0.6 is 0 Å². The monoisotopic (exact) mass is 314 g/mol. The van der Waals surface area contributed by atoms with Crippen molar-refractivity contribution in [2.24, 2.45) is 0 Å². The van der Waals surface area contributed by atoms with Gasteiger partial charge in [-0.3, -0.25) is 9.36 Å². The second-order valence-electron chi connectivity index (χ2n) is 4.81. The molecule has 0 fully saturated rings. The Hall–Kier alpha value is -3.09. The fraction of sp³-hybridized carbons (Fsp3) is 0.0625. The first-order valence-corrected chi connectivity index (χ1v) is 6.80. The summed E-state index contributed by atoms with van der Waals surface area (Å²) in [5.74, 6) is -1.81. The van der Waals surface area contributed by atoms with Crippen LogP contribution in [0.4, 0.5) is 8.78 Å². The smallest absolute Gasteiger partial charge is 0.251 e. The van der Waals surface area contributed by atoms with Gasteiger partial charge in [0.15, 0.2) is 11.6 Å². The molecule has 1 amide bonds. The van der Waals surface area contributed by atoms with Crippen molar-refractivity contribution in [3.63, 3.8) is 0 Å². The Morgan fingerprint density at radius 1 is 1.17 bits per heavy atom. The van der Waals surface area contributed by atoms with Gasteiger partial charge in [0.05, 0.1) is 0 Å². The van der Waals surface area contributed by atoms with Crippen molar-refractivity contribution in [2.45, 2.75) is 6.54 Å². The standard InChI is InChI=1S/C16H12F2N4O/c17-13-3-2-12(7-14(13)18)16(23)21-9-11-1-4-15(20-8-11)22-6-5-19-10-22/h1-8,10H,9H2,(H,21,23). The zero-order valence-corrected chi connectivity index (χ0v) is 11.9. The lowest BCUT2D eigenvalue weighted by Crippen LogP contribution is -2.23. The van der Waals surface area contributed by atoms with Crippen LogP contribution in [0.3, 0.4) is 0 Å². The number of carbonyl (C=O) groups excluding carboxylic acids is 1. The summed E-state index contributed by atoms with van der Waals surface area (Å²) in [6.07, 6.45) is 6.68. The summed E-state index contributed by atoms with van der Waals surface area (Å²) < 4.78 is 27.7. The second-order valence-corrected chi connectivity index (χ2v) is 4.81. The highest BCUT2D eigenvalue weighted by molar-refractivity contribution is 5.94. The molecule has 5 nitrogen and oxygen atoms in total. The average molecular weight is 314 g/mol. The average Bonchev–Trinajstić information content (AvgIpc) is 3.10. The Morgan fingerprint density at radius 2 is 2.04 bits per heavy atom. The molecule has 0 spiro atoms. The fourth-order valence-corrected chi connectivity index (χ4v) is 1.99. The Balaban J connectivity index is 1.63. The summed E-state index contributed by atoms with van der Waals surface area (Å²) >= 11 is 0. The highest BCUT2D eigenvalue weighted by Crippen LogP contribution is 2.09. The maximum Gasteiger partial charge on any atom is 0.251 e. The molecule has 0 bridgehead atoms. The van der Waals surface area contributed by atoms with Crippen LogP contribution in [0, 0.1) is 11.6 Å². The normalized spacial score (nSPS) is 10.5. The topological polar surface area (TPSA) is 59.8 Å². The second kappa shape index (κ2) is 6.35. The molecule has 116 valence electrons. The van der Waals surface area contributed by atoms with E-state index in [0.29, 0.717) is 5.82 Å². The van der Waals surface area contributed by atoms with E-state index in [1.54, 1.807) is 35.6 Å². The first-order valence-electron chi connectivity index (χ1n) is 6.80. The van der Waals surface area contributed by atoms with Gasteiger partial charge >= 0.3 is 0 Å². The lowest BCUT2D eigenvalue weighted by atomic mass is 10.2. The molecule has 7 heteroatoms. The number of carbonyl (C=O) groups is 1. The molecular weight excluding hydrogens is 302 g/mol. The first kappa shape index (κ1) is 14.8. The van der Waals surface area contributed by atoms with Gasteiger partial charge in [0, 0.05) is 30.7 Å². The number of nitrogens with one attached hydrogen (secondary N) is 1. The van der Waals surface area contributed by atoms with E-state index in [4.69, 9.17) is 0 Å². The predicted molar refractivity (Wildman–Crippen MR) is 78.9 cm³/mol. The number of rotatable bonds is 4. The zero-order chi connectivity index (χ0) is 16.2. The van der Waals surface area contributed by atoms with Gasteiger partial charge in [-0.2, -0.15) is 0 Å². The number of halogens is 2. The van der Waals surface area contributed by atoms with Gasteiger partial charge in [0.1, 0.15) is 12.1 Å². The lowest BCUT2D eigenvalue weighted by molar-refractivity contribution is 0.0950. The molecule has 3 rings (SSSR count). The lowest BCUT2D eigenvalue weighted by Gasteiger charge is -2.07. The molecular formula is C16H12F2N4O. The van der Waals surface area contributed by atoms with Crippen molar-refractivity contribution in [1.29, 1.82) is 0 Å². The minimum absolute atomic E-state index is 0.0619. The van der Waals surface area contributed by atoms with E-state index >= 15 is 0 Å². The predicted octanol–water partition coefficient (Wildman–Crippen LogP) is 2.48. The summed E-state index contributed by atoms with van der Waals surface area (Å²) in [6, 6.07) is 6.62. The quantitative estimate of drug-likeness (QED) is 0.805. The van der Waals surface area contributed by atoms with E-state index in [9.17, 15) is 13.6 Å². The summed E-state index contributed by atoms with van der Waals surface area (Å²) in [7, 11) is 0. The number of hydrogen-bond acceptors (Lipinski definition) is 3. The molecule has 2 heterocycles. The van der Waals surface area contributed by atoms with Crippen molar-refractivity contribution in [3.05, 3.63) is 78.0 Å². The molecule has 3 aromatic rings. The van der Waals surface area contributed by atoms with Gasteiger partial charge in [-0.25, -0.2) is 18.7 Å². The molecule has 0 aliphatic heterocycles. The highest BCUT2D eigenvalue weighted by atomic mass is 19.2. The van der Waals surface area contributed by atoms with E-state index in [0.717, 1.165) is 17.7 Å². The van der Waals surface area contributed by atoms with Gasteiger partial charge < -0.3 is 5.32 Å². The van der Waals surface area contributed by atoms with Crippen molar-refractivity contribution >= 4 is 5.91 Å². The zero-order valence-electron chi connectivity index (χ0n) is 11.9. The van der Waals surface area contributed by atoms with Crippen LogP contribution in [0.5, 0.6) is 0 Å². The van der Waals surface area contributed by atoms with Crippen molar-refractivity contribution < 1.29 is 13.6 Å². The number of benzene rings is 1. The van der Waals surface area contributed by atoms with Crippen LogP contribution in [0.25, 0.3) is 5.82 Å². The van der Waals surface area contributed by atoms with Crippen LogP contribution in [-0.4, -0.2) is 20.4 Å². The van der Waals surface area contributed by atoms with Gasteiger partial charge in [0.25, 0.3) is 5.91 Å². The van der Waals surface area contributed by atoms with E-state index in [1.165, 1.54) is 6.07 Å². The van der Waals surface area contributed by atoms with Crippen molar-refractivity contribution in [1.82, 2.24) is 19.9 Å². The molecule has 2 aromatic heterocycles. The molecule has 0 atom stereocenters. The minimum Gasteiger partial charge on any atom is -0.348 e. The molecule has 23 heavy (non-hydrogen) atoms. The molecule has 0 saturated heterocycles. The minimum atomic E-state index is -1.05. The van der Waals surface area contributed by atoms with Gasteiger partial charge in [0.2, 0.25) is 0 Å². The summed E-state index contributed by atoms with van der Waals surface area (Å²) in [6.45, 7) is 0.231. The molecule has 0 unspecified atom stereocenters. The Labute approximate surface area is 130 Å². The summed E-state index contributed by atoms with van der Waals surface area (Å²) in [5.41, 5.74) is 0.844. The maximum atomic E-state index is 13.1. The van der Waals surface area contributed by atoms with Gasteiger partial charge in [-0.05, 0) is 29.8 Å². The van der Waals surface area contributed by atoms with E-state index in [2.05, 4.69) is 15.3 Å². The van der Waals surface area contributed by atoms with E-state index in [1.807, 2.05) is 6.07 Å². The number of imidazole rings is 1. The largest absolute Gasteiger partial charge is 0.348 e. The number of aromatic nitrogens is 3. The first-order chi connectivity index (χ1) is 11.1. The van der Waals surface area contributed by atoms with Crippen molar-refractivity contribution in [3.8, 4) is 5.82 Å². The van der Waals surface area contributed by atoms with Gasteiger partial charge in [-0.1, -0.05) is 6.07 Å². The molecule has 0 aliphatic rings. The molecule has 0 radical (unpaired) electrons. The Bertz CT molecular complexity index is 817. The summed E-state index contributed by atoms with van der Waals surface area (Å²) in [4.78, 5) is 20.1. The third-order valence-corrected chi connectivity index (χ3v) is 3.21. The maximum absolute atomic E-state index is 13.1. The number of hydrogen-bond donors (Lipinski definition) is 1. The molecule has 1 N–H and O–H groups in total. The third kappa shape index (κ3) is 3.39. The molecule has 1 aromatic carbocycles.